The summed E-state index contributed by atoms with van der Waals surface area (Å²) < 4.78 is 33.4. The molecule has 136 valence electrons. The van der Waals surface area contributed by atoms with E-state index in [4.69, 9.17) is 16.3 Å². The van der Waals surface area contributed by atoms with Crippen LogP contribution in [0.15, 0.2) is 41.3 Å². The van der Waals surface area contributed by atoms with Crippen molar-refractivity contribution in [3.8, 4) is 5.75 Å². The Morgan fingerprint density at radius 1 is 1.23 bits per heavy atom. The molecule has 0 fully saturated rings. The Kier molecular flexibility index (Phi) is 5.03. The number of fused-ring (bicyclic) bond motifs is 1. The standard InChI is InChI=1S/C16H14ClN3O4S2/c1-9(21)18-16-19-13-5-3-10(7-15(13)25-16)20-26(22,23)11-4-6-14(24-2)12(17)8-11/h3-8,20H,1-2H3,(H,18,19,21). The Balaban J connectivity index is 1.89. The molecule has 0 saturated heterocycles. The first-order valence-corrected chi connectivity index (χ1v) is 10.0. The third-order valence-electron chi connectivity index (χ3n) is 3.36. The number of hydrogen-bond donors (Lipinski definition) is 2. The number of ether oxygens (including phenoxy) is 1. The lowest BCUT2D eigenvalue weighted by Crippen LogP contribution is -2.12. The summed E-state index contributed by atoms with van der Waals surface area (Å²) >= 11 is 7.26. The predicted molar refractivity (Wildman–Crippen MR) is 103 cm³/mol. The molecule has 0 spiro atoms. The van der Waals surface area contributed by atoms with Crippen LogP contribution >= 0.6 is 22.9 Å². The van der Waals surface area contributed by atoms with Gasteiger partial charge in [0, 0.05) is 6.92 Å². The minimum absolute atomic E-state index is 0.0200. The molecule has 0 saturated carbocycles. The van der Waals surface area contributed by atoms with E-state index in [1.54, 1.807) is 18.2 Å². The molecule has 0 radical (unpaired) electrons. The van der Waals surface area contributed by atoms with Gasteiger partial charge in [-0.25, -0.2) is 13.4 Å². The number of amides is 1. The summed E-state index contributed by atoms with van der Waals surface area (Å²) in [5.74, 6) is 0.170. The van der Waals surface area contributed by atoms with Crippen molar-refractivity contribution in [2.24, 2.45) is 0 Å². The fourth-order valence-corrected chi connectivity index (χ4v) is 4.57. The van der Waals surface area contributed by atoms with Crippen LogP contribution in [-0.4, -0.2) is 26.4 Å². The Hall–Kier alpha value is -2.36. The third kappa shape index (κ3) is 3.90. The van der Waals surface area contributed by atoms with Gasteiger partial charge in [-0.1, -0.05) is 22.9 Å². The van der Waals surface area contributed by atoms with Crippen LogP contribution in [0.2, 0.25) is 5.02 Å². The van der Waals surface area contributed by atoms with E-state index >= 15 is 0 Å². The Morgan fingerprint density at radius 2 is 2.00 bits per heavy atom. The van der Waals surface area contributed by atoms with Gasteiger partial charge in [-0.3, -0.25) is 9.52 Å². The number of anilines is 2. The first-order chi connectivity index (χ1) is 12.3. The molecule has 26 heavy (non-hydrogen) atoms. The van der Waals surface area contributed by atoms with Gasteiger partial charge in [-0.15, -0.1) is 0 Å². The van der Waals surface area contributed by atoms with Crippen LogP contribution in [0.4, 0.5) is 10.8 Å². The zero-order valence-electron chi connectivity index (χ0n) is 13.7. The Labute approximate surface area is 159 Å². The number of methoxy groups -OCH3 is 1. The maximum Gasteiger partial charge on any atom is 0.261 e. The number of thiazole rings is 1. The molecule has 0 unspecified atom stereocenters. The zero-order valence-corrected chi connectivity index (χ0v) is 16.1. The number of rotatable bonds is 5. The number of nitrogens with zero attached hydrogens (tertiary/aromatic N) is 1. The van der Waals surface area contributed by atoms with Crippen LogP contribution in [0, 0.1) is 0 Å². The molecule has 0 aliphatic rings. The molecule has 0 bridgehead atoms. The van der Waals surface area contributed by atoms with Gasteiger partial charge in [0.1, 0.15) is 5.75 Å². The summed E-state index contributed by atoms with van der Waals surface area (Å²) in [6.45, 7) is 1.39. The van der Waals surface area contributed by atoms with Crippen LogP contribution in [0.25, 0.3) is 10.2 Å². The van der Waals surface area contributed by atoms with E-state index in [0.717, 1.165) is 4.70 Å². The second-order valence-electron chi connectivity index (χ2n) is 5.28. The van der Waals surface area contributed by atoms with Crippen molar-refractivity contribution in [2.75, 3.05) is 17.1 Å². The molecular weight excluding hydrogens is 398 g/mol. The number of hydrogen-bond acceptors (Lipinski definition) is 6. The van der Waals surface area contributed by atoms with Gasteiger partial charge in [0.2, 0.25) is 5.91 Å². The molecule has 0 aliphatic carbocycles. The quantitative estimate of drug-likeness (QED) is 0.666. The lowest BCUT2D eigenvalue weighted by molar-refractivity contribution is -0.114. The highest BCUT2D eigenvalue weighted by Gasteiger charge is 2.17. The number of nitrogens with one attached hydrogen (secondary N) is 2. The minimum Gasteiger partial charge on any atom is -0.495 e. The normalized spacial score (nSPS) is 11.3. The average molecular weight is 412 g/mol. The van der Waals surface area contributed by atoms with Crippen LogP contribution < -0.4 is 14.8 Å². The zero-order chi connectivity index (χ0) is 18.9. The van der Waals surface area contributed by atoms with E-state index in [1.165, 1.54) is 43.6 Å². The van der Waals surface area contributed by atoms with Crippen molar-refractivity contribution in [1.82, 2.24) is 4.98 Å². The van der Waals surface area contributed by atoms with Crippen molar-refractivity contribution in [3.05, 3.63) is 41.4 Å². The number of aromatic nitrogens is 1. The topological polar surface area (TPSA) is 97.4 Å². The predicted octanol–water partition coefficient (Wildman–Crippen LogP) is 3.72. The van der Waals surface area contributed by atoms with Crippen LogP contribution in [-0.2, 0) is 14.8 Å². The number of carbonyl (C=O) groups is 1. The summed E-state index contributed by atoms with van der Waals surface area (Å²) in [5, 5.41) is 3.26. The molecule has 1 heterocycles. The summed E-state index contributed by atoms with van der Waals surface area (Å²) in [4.78, 5) is 15.4. The fourth-order valence-electron chi connectivity index (χ4n) is 2.22. The SMILES string of the molecule is COc1ccc(S(=O)(=O)Nc2ccc3nc(NC(C)=O)sc3c2)cc1Cl. The van der Waals surface area contributed by atoms with E-state index in [2.05, 4.69) is 15.0 Å². The highest BCUT2D eigenvalue weighted by atomic mass is 35.5. The van der Waals surface area contributed by atoms with Crippen LogP contribution in [0.3, 0.4) is 0 Å². The minimum atomic E-state index is -3.82. The highest BCUT2D eigenvalue weighted by Crippen LogP contribution is 2.31. The van der Waals surface area contributed by atoms with Crippen molar-refractivity contribution < 1.29 is 17.9 Å². The molecule has 0 atom stereocenters. The van der Waals surface area contributed by atoms with Gasteiger partial charge < -0.3 is 10.1 Å². The van der Waals surface area contributed by atoms with Gasteiger partial charge in [-0.05, 0) is 36.4 Å². The van der Waals surface area contributed by atoms with E-state index in [0.29, 0.717) is 22.1 Å². The molecule has 1 amide bonds. The van der Waals surface area contributed by atoms with Gasteiger partial charge in [-0.2, -0.15) is 0 Å². The largest absolute Gasteiger partial charge is 0.495 e. The summed E-state index contributed by atoms with van der Waals surface area (Å²) in [5.41, 5.74) is 1.04. The lowest BCUT2D eigenvalue weighted by atomic mass is 10.3. The molecule has 3 rings (SSSR count). The molecule has 2 aromatic carbocycles. The Morgan fingerprint density at radius 3 is 2.65 bits per heavy atom. The number of sulfonamides is 1. The fraction of sp³-hybridized carbons (Fsp3) is 0.125. The van der Waals surface area contributed by atoms with Crippen molar-refractivity contribution in [2.45, 2.75) is 11.8 Å². The van der Waals surface area contributed by atoms with Crippen molar-refractivity contribution in [1.29, 1.82) is 0 Å². The van der Waals surface area contributed by atoms with Crippen molar-refractivity contribution in [3.63, 3.8) is 0 Å². The van der Waals surface area contributed by atoms with E-state index in [-0.39, 0.29) is 15.8 Å². The van der Waals surface area contributed by atoms with Gasteiger partial charge >= 0.3 is 0 Å². The Bertz CT molecular complexity index is 1100. The number of carbonyl (C=O) groups excluding carboxylic acids is 1. The number of halogens is 1. The first kappa shape index (κ1) is 18.4. The number of benzene rings is 2. The van der Waals surface area contributed by atoms with Crippen LogP contribution in [0.1, 0.15) is 6.92 Å². The molecular formula is C16H14ClN3O4S2. The van der Waals surface area contributed by atoms with Crippen LogP contribution in [0.5, 0.6) is 5.75 Å². The summed E-state index contributed by atoms with van der Waals surface area (Å²) in [6.07, 6.45) is 0. The lowest BCUT2D eigenvalue weighted by Gasteiger charge is -2.10. The van der Waals surface area contributed by atoms with Gasteiger partial charge in [0.25, 0.3) is 10.0 Å². The maximum absolute atomic E-state index is 12.6. The van der Waals surface area contributed by atoms with Crippen molar-refractivity contribution >= 4 is 59.9 Å². The van der Waals surface area contributed by atoms with Gasteiger partial charge in [0.05, 0.1) is 32.9 Å². The smallest absolute Gasteiger partial charge is 0.261 e. The molecule has 3 aromatic rings. The molecule has 0 aliphatic heterocycles. The highest BCUT2D eigenvalue weighted by molar-refractivity contribution is 7.92. The maximum atomic E-state index is 12.6. The first-order valence-electron chi connectivity index (χ1n) is 7.33. The second-order valence-corrected chi connectivity index (χ2v) is 8.40. The average Bonchev–Trinajstić information content (AvgIpc) is 2.95. The monoisotopic (exact) mass is 411 g/mol. The van der Waals surface area contributed by atoms with E-state index in [9.17, 15) is 13.2 Å². The van der Waals surface area contributed by atoms with Gasteiger partial charge in [0.15, 0.2) is 5.13 Å². The van der Waals surface area contributed by atoms with E-state index < -0.39 is 10.0 Å². The molecule has 2 N–H and O–H groups in total. The molecule has 10 heteroatoms. The summed E-state index contributed by atoms with van der Waals surface area (Å²) in [7, 11) is -2.37. The third-order valence-corrected chi connectivity index (χ3v) is 5.97. The second kappa shape index (κ2) is 7.10. The molecule has 7 nitrogen and oxygen atoms in total. The summed E-state index contributed by atoms with van der Waals surface area (Å²) in [6, 6.07) is 9.15. The molecule has 1 aromatic heterocycles. The van der Waals surface area contributed by atoms with E-state index in [1.807, 2.05) is 0 Å².